The third kappa shape index (κ3) is 1.30. The number of nitrogens with zero attached hydrogens (tertiary/aromatic N) is 1. The highest BCUT2D eigenvalue weighted by atomic mass is 15.1. The minimum atomic E-state index is 0.830. The molecule has 2 nitrogen and oxygen atoms in total. The number of rotatable bonds is 0. The molecule has 0 aromatic carbocycles. The second-order valence-electron chi connectivity index (χ2n) is 3.58. The zero-order valence-electron chi connectivity index (χ0n) is 6.93. The number of H-pyrrole nitrogens is 1. The van der Waals surface area contributed by atoms with Gasteiger partial charge in [0.05, 0.1) is 6.20 Å². The Hall–Kier alpha value is -0.790. The van der Waals surface area contributed by atoms with Crippen LogP contribution in [0.4, 0.5) is 0 Å². The molecular weight excluding hydrogens is 136 g/mol. The number of aromatic amines is 1. The Kier molecular flexibility index (Phi) is 1.68. The molecule has 1 atom stereocenters. The lowest BCUT2D eigenvalue weighted by molar-refractivity contribution is 0.520. The summed E-state index contributed by atoms with van der Waals surface area (Å²) in [5, 5.41) is 7.13. The number of aryl methyl sites for hydroxylation is 1. The van der Waals surface area contributed by atoms with Crippen molar-refractivity contribution in [3.8, 4) is 0 Å². The minimum absolute atomic E-state index is 0.830. The maximum atomic E-state index is 4.05. The first-order valence-corrected chi connectivity index (χ1v) is 4.37. The summed E-state index contributed by atoms with van der Waals surface area (Å²) in [5.74, 6) is 0.830. The molecule has 11 heavy (non-hydrogen) atoms. The number of hydrogen-bond donors (Lipinski definition) is 1. The van der Waals surface area contributed by atoms with Gasteiger partial charge in [0.1, 0.15) is 0 Å². The van der Waals surface area contributed by atoms with E-state index in [-0.39, 0.29) is 0 Å². The molecule has 0 radical (unpaired) electrons. The van der Waals surface area contributed by atoms with E-state index in [2.05, 4.69) is 17.1 Å². The van der Waals surface area contributed by atoms with Crippen molar-refractivity contribution in [2.75, 3.05) is 0 Å². The molecule has 0 saturated heterocycles. The van der Waals surface area contributed by atoms with Gasteiger partial charge < -0.3 is 0 Å². The van der Waals surface area contributed by atoms with Gasteiger partial charge in [-0.3, -0.25) is 5.10 Å². The van der Waals surface area contributed by atoms with Gasteiger partial charge in [0.15, 0.2) is 0 Å². The molecule has 1 N–H and O–H groups in total. The Morgan fingerprint density at radius 2 is 2.55 bits per heavy atom. The average Bonchev–Trinajstić information content (AvgIpc) is 2.31. The summed E-state index contributed by atoms with van der Waals surface area (Å²) < 4.78 is 0. The predicted octanol–water partition coefficient (Wildman–Crippen LogP) is 1.92. The van der Waals surface area contributed by atoms with Gasteiger partial charge in [-0.1, -0.05) is 13.3 Å². The molecule has 0 spiro atoms. The molecule has 1 unspecified atom stereocenters. The van der Waals surface area contributed by atoms with Crippen molar-refractivity contribution in [3.05, 3.63) is 17.5 Å². The van der Waals surface area contributed by atoms with Gasteiger partial charge in [-0.15, -0.1) is 0 Å². The lowest BCUT2D eigenvalue weighted by Crippen LogP contribution is -1.97. The summed E-state index contributed by atoms with van der Waals surface area (Å²) in [7, 11) is 0. The molecule has 0 fully saturated rings. The summed E-state index contributed by atoms with van der Waals surface area (Å²) in [6.07, 6.45) is 7.08. The Morgan fingerprint density at radius 1 is 1.64 bits per heavy atom. The van der Waals surface area contributed by atoms with Crippen LogP contribution in [-0.2, 0) is 12.8 Å². The predicted molar refractivity (Wildman–Crippen MR) is 44.4 cm³/mol. The van der Waals surface area contributed by atoms with Crippen LogP contribution in [0.2, 0.25) is 0 Å². The highest BCUT2D eigenvalue weighted by molar-refractivity contribution is 5.18. The first-order valence-electron chi connectivity index (χ1n) is 4.37. The van der Waals surface area contributed by atoms with E-state index >= 15 is 0 Å². The van der Waals surface area contributed by atoms with Crippen molar-refractivity contribution in [1.29, 1.82) is 0 Å². The fourth-order valence-corrected chi connectivity index (χ4v) is 1.82. The van der Waals surface area contributed by atoms with Crippen LogP contribution >= 0.6 is 0 Å². The summed E-state index contributed by atoms with van der Waals surface area (Å²) in [4.78, 5) is 0. The molecule has 0 bridgehead atoms. The first-order chi connectivity index (χ1) is 5.36. The Morgan fingerprint density at radius 3 is 3.45 bits per heavy atom. The van der Waals surface area contributed by atoms with Crippen LogP contribution in [0.5, 0.6) is 0 Å². The van der Waals surface area contributed by atoms with Crippen molar-refractivity contribution >= 4 is 0 Å². The molecule has 1 aliphatic rings. The van der Waals surface area contributed by atoms with E-state index in [0.717, 1.165) is 5.92 Å². The van der Waals surface area contributed by atoms with Gasteiger partial charge >= 0.3 is 0 Å². The minimum Gasteiger partial charge on any atom is -0.282 e. The van der Waals surface area contributed by atoms with Crippen LogP contribution in [0.25, 0.3) is 0 Å². The number of nitrogens with one attached hydrogen (secondary N) is 1. The molecule has 1 aromatic heterocycles. The van der Waals surface area contributed by atoms with E-state index < -0.39 is 0 Å². The number of fused-ring (bicyclic) bond motifs is 1. The normalized spacial score (nSPS) is 24.3. The largest absolute Gasteiger partial charge is 0.282 e. The van der Waals surface area contributed by atoms with Crippen LogP contribution in [0.3, 0.4) is 0 Å². The summed E-state index contributed by atoms with van der Waals surface area (Å²) in [6.45, 7) is 2.32. The number of hydrogen-bond acceptors (Lipinski definition) is 1. The van der Waals surface area contributed by atoms with Crippen molar-refractivity contribution in [1.82, 2.24) is 10.2 Å². The van der Waals surface area contributed by atoms with E-state index in [1.807, 2.05) is 6.20 Å². The lowest BCUT2D eigenvalue weighted by atomic mass is 10.0. The van der Waals surface area contributed by atoms with Crippen molar-refractivity contribution in [2.45, 2.75) is 32.6 Å². The summed E-state index contributed by atoms with van der Waals surface area (Å²) in [5.41, 5.74) is 2.81. The average molecular weight is 150 g/mol. The molecule has 2 heteroatoms. The Balaban J connectivity index is 2.26. The Labute approximate surface area is 67.0 Å². The van der Waals surface area contributed by atoms with Gasteiger partial charge in [0, 0.05) is 5.69 Å². The third-order valence-corrected chi connectivity index (χ3v) is 2.50. The Bertz CT molecular complexity index is 239. The van der Waals surface area contributed by atoms with Gasteiger partial charge in [-0.2, -0.15) is 5.10 Å². The SMILES string of the molecule is CC1CCCc2cn[nH]c2C1. The van der Waals surface area contributed by atoms with Crippen molar-refractivity contribution < 1.29 is 0 Å². The van der Waals surface area contributed by atoms with E-state index in [9.17, 15) is 0 Å². The zero-order chi connectivity index (χ0) is 7.68. The van der Waals surface area contributed by atoms with Crippen LogP contribution in [0.1, 0.15) is 31.0 Å². The highest BCUT2D eigenvalue weighted by Crippen LogP contribution is 2.21. The molecule has 1 heterocycles. The van der Waals surface area contributed by atoms with Gasteiger partial charge in [-0.05, 0) is 30.7 Å². The fraction of sp³-hybridized carbons (Fsp3) is 0.667. The molecule has 1 aromatic rings. The van der Waals surface area contributed by atoms with Gasteiger partial charge in [-0.25, -0.2) is 0 Å². The standard InChI is InChI=1S/C9H14N2/c1-7-3-2-4-8-6-10-11-9(8)5-7/h6-7H,2-5H2,1H3,(H,10,11). The van der Waals surface area contributed by atoms with E-state index in [0.29, 0.717) is 0 Å². The van der Waals surface area contributed by atoms with Crippen LogP contribution in [-0.4, -0.2) is 10.2 Å². The van der Waals surface area contributed by atoms with E-state index in [1.165, 1.54) is 36.9 Å². The molecule has 0 aliphatic heterocycles. The highest BCUT2D eigenvalue weighted by Gasteiger charge is 2.13. The van der Waals surface area contributed by atoms with E-state index in [1.54, 1.807) is 0 Å². The summed E-state index contributed by atoms with van der Waals surface area (Å²) in [6, 6.07) is 0. The number of aromatic nitrogens is 2. The third-order valence-electron chi connectivity index (χ3n) is 2.50. The van der Waals surface area contributed by atoms with Gasteiger partial charge in [0.25, 0.3) is 0 Å². The van der Waals surface area contributed by atoms with Crippen LogP contribution in [0.15, 0.2) is 6.20 Å². The molecule has 2 rings (SSSR count). The smallest absolute Gasteiger partial charge is 0.0522 e. The maximum absolute atomic E-state index is 4.05. The second kappa shape index (κ2) is 2.68. The molecular formula is C9H14N2. The zero-order valence-corrected chi connectivity index (χ0v) is 6.93. The second-order valence-corrected chi connectivity index (χ2v) is 3.58. The van der Waals surface area contributed by atoms with Crippen LogP contribution < -0.4 is 0 Å². The fourth-order valence-electron chi connectivity index (χ4n) is 1.82. The topological polar surface area (TPSA) is 28.7 Å². The monoisotopic (exact) mass is 150 g/mol. The van der Waals surface area contributed by atoms with E-state index in [4.69, 9.17) is 0 Å². The van der Waals surface area contributed by atoms with Crippen molar-refractivity contribution in [2.24, 2.45) is 5.92 Å². The maximum Gasteiger partial charge on any atom is 0.0522 e. The molecule has 60 valence electrons. The van der Waals surface area contributed by atoms with Crippen LogP contribution in [0, 0.1) is 5.92 Å². The summed E-state index contributed by atoms with van der Waals surface area (Å²) >= 11 is 0. The molecule has 0 saturated carbocycles. The lowest BCUT2D eigenvalue weighted by Gasteiger charge is -2.04. The first kappa shape index (κ1) is 6.89. The molecule has 1 aliphatic carbocycles. The van der Waals surface area contributed by atoms with Crippen molar-refractivity contribution in [3.63, 3.8) is 0 Å². The van der Waals surface area contributed by atoms with Gasteiger partial charge in [0.2, 0.25) is 0 Å². The molecule has 0 amide bonds. The quantitative estimate of drug-likeness (QED) is 0.562.